The normalized spacial score (nSPS) is 18.5. The molecule has 0 aromatic heterocycles. The minimum Gasteiger partial charge on any atom is -0.395 e. The summed E-state index contributed by atoms with van der Waals surface area (Å²) in [6.07, 6.45) is 0.991. The summed E-state index contributed by atoms with van der Waals surface area (Å²) < 4.78 is 6.19. The lowest BCUT2D eigenvalue weighted by molar-refractivity contribution is -0.131. The highest BCUT2D eigenvalue weighted by molar-refractivity contribution is 4.92. The van der Waals surface area contributed by atoms with Crippen molar-refractivity contribution >= 4 is 0 Å². The largest absolute Gasteiger partial charge is 0.395 e. The smallest absolute Gasteiger partial charge is 0.0708 e. The summed E-state index contributed by atoms with van der Waals surface area (Å²) in [6, 6.07) is 0.00615. The Labute approximate surface area is 113 Å². The molecule has 0 bridgehead atoms. The van der Waals surface area contributed by atoms with E-state index in [2.05, 4.69) is 53.8 Å². The van der Waals surface area contributed by atoms with Gasteiger partial charge in [0.2, 0.25) is 0 Å². The van der Waals surface area contributed by atoms with Crippen molar-refractivity contribution in [2.24, 2.45) is 10.8 Å². The maximum absolute atomic E-state index is 9.22. The molecule has 3 heteroatoms. The molecule has 2 unspecified atom stereocenters. The van der Waals surface area contributed by atoms with Crippen molar-refractivity contribution in [3.63, 3.8) is 0 Å². The van der Waals surface area contributed by atoms with Gasteiger partial charge in [-0.05, 0) is 31.2 Å². The molecule has 0 aliphatic heterocycles. The zero-order chi connectivity index (χ0) is 14.6. The molecular formula is C15H33NO2. The van der Waals surface area contributed by atoms with Gasteiger partial charge in [0, 0.05) is 0 Å². The second-order valence-corrected chi connectivity index (χ2v) is 7.70. The Hall–Kier alpha value is -0.120. The van der Waals surface area contributed by atoms with E-state index in [1.165, 1.54) is 0 Å². The van der Waals surface area contributed by atoms with E-state index in [-0.39, 0.29) is 29.1 Å². The first-order valence-corrected chi connectivity index (χ1v) is 6.87. The third-order valence-corrected chi connectivity index (χ3v) is 3.69. The van der Waals surface area contributed by atoms with Crippen LogP contribution in [0.2, 0.25) is 0 Å². The van der Waals surface area contributed by atoms with Crippen LogP contribution in [0.5, 0.6) is 0 Å². The van der Waals surface area contributed by atoms with Gasteiger partial charge in [-0.2, -0.15) is 0 Å². The lowest BCUT2D eigenvalue weighted by Crippen LogP contribution is -2.48. The number of aliphatic hydroxyl groups excluding tert-OH is 1. The second kappa shape index (κ2) is 6.36. The molecule has 18 heavy (non-hydrogen) atoms. The Morgan fingerprint density at radius 3 is 1.83 bits per heavy atom. The summed E-state index contributed by atoms with van der Waals surface area (Å²) in [7, 11) is 1.85. The molecule has 0 aromatic carbocycles. The molecule has 0 fully saturated rings. The van der Waals surface area contributed by atoms with Crippen molar-refractivity contribution in [3.8, 4) is 0 Å². The number of hydrogen-bond acceptors (Lipinski definition) is 3. The molecule has 0 amide bonds. The molecule has 0 radical (unpaired) electrons. The maximum atomic E-state index is 9.22. The van der Waals surface area contributed by atoms with Gasteiger partial charge in [-0.25, -0.2) is 0 Å². The highest BCUT2D eigenvalue weighted by atomic mass is 16.5. The quantitative estimate of drug-likeness (QED) is 0.770. The van der Waals surface area contributed by atoms with Crippen LogP contribution in [0, 0.1) is 10.8 Å². The molecular weight excluding hydrogens is 226 g/mol. The van der Waals surface area contributed by atoms with Gasteiger partial charge in [0.1, 0.15) is 0 Å². The number of ether oxygens (including phenoxy) is 1. The Kier molecular flexibility index (Phi) is 6.31. The summed E-state index contributed by atoms with van der Waals surface area (Å²) >= 11 is 0. The molecule has 0 rings (SSSR count). The van der Waals surface area contributed by atoms with Gasteiger partial charge in [0.25, 0.3) is 0 Å². The van der Waals surface area contributed by atoms with Gasteiger partial charge in [-0.3, -0.25) is 0 Å². The topological polar surface area (TPSA) is 41.5 Å². The van der Waals surface area contributed by atoms with Crippen LogP contribution in [0.3, 0.4) is 0 Å². The first-order valence-electron chi connectivity index (χ1n) is 6.87. The lowest BCUT2D eigenvalue weighted by Gasteiger charge is -2.46. The van der Waals surface area contributed by atoms with E-state index in [4.69, 9.17) is 4.74 Å². The van der Waals surface area contributed by atoms with Crippen LogP contribution in [0.25, 0.3) is 0 Å². The molecule has 3 nitrogen and oxygen atoms in total. The SMILES string of the molecule is CNC(CO)COC(C)(CC(C)(C)C)C(C)(C)C. The van der Waals surface area contributed by atoms with E-state index in [1.54, 1.807) is 0 Å². The zero-order valence-corrected chi connectivity index (χ0v) is 13.6. The fraction of sp³-hybridized carbons (Fsp3) is 1.00. The Balaban J connectivity index is 4.80. The van der Waals surface area contributed by atoms with Crippen molar-refractivity contribution in [1.29, 1.82) is 0 Å². The highest BCUT2D eigenvalue weighted by Crippen LogP contribution is 2.42. The first-order chi connectivity index (χ1) is 7.95. The van der Waals surface area contributed by atoms with Crippen LogP contribution in [0.1, 0.15) is 54.9 Å². The van der Waals surface area contributed by atoms with Crippen LogP contribution >= 0.6 is 0 Å². The fourth-order valence-corrected chi connectivity index (χ4v) is 2.06. The van der Waals surface area contributed by atoms with Crippen molar-refractivity contribution in [2.45, 2.75) is 66.5 Å². The van der Waals surface area contributed by atoms with E-state index in [1.807, 2.05) is 7.05 Å². The zero-order valence-electron chi connectivity index (χ0n) is 13.6. The average Bonchev–Trinajstić information content (AvgIpc) is 2.14. The van der Waals surface area contributed by atoms with Gasteiger partial charge in [-0.15, -0.1) is 0 Å². The Bertz CT molecular complexity index is 236. The van der Waals surface area contributed by atoms with E-state index in [9.17, 15) is 5.11 Å². The van der Waals surface area contributed by atoms with E-state index < -0.39 is 0 Å². The average molecular weight is 259 g/mol. The van der Waals surface area contributed by atoms with E-state index in [0.717, 1.165) is 6.42 Å². The van der Waals surface area contributed by atoms with Crippen molar-refractivity contribution in [3.05, 3.63) is 0 Å². The van der Waals surface area contributed by atoms with Crippen molar-refractivity contribution < 1.29 is 9.84 Å². The standard InChI is InChI=1S/C15H33NO2/c1-13(2,3)11-15(7,14(4,5)6)18-10-12(9-17)16-8/h12,16-17H,9-11H2,1-8H3. The lowest BCUT2D eigenvalue weighted by atomic mass is 9.69. The van der Waals surface area contributed by atoms with Gasteiger partial charge in [0.05, 0.1) is 24.9 Å². The van der Waals surface area contributed by atoms with E-state index in [0.29, 0.717) is 6.61 Å². The minimum atomic E-state index is -0.199. The summed E-state index contributed by atoms with van der Waals surface area (Å²) in [5, 5.41) is 12.3. The minimum absolute atomic E-state index is 0.00615. The van der Waals surface area contributed by atoms with Crippen molar-refractivity contribution in [2.75, 3.05) is 20.3 Å². The number of hydrogen-bond donors (Lipinski definition) is 2. The molecule has 110 valence electrons. The third-order valence-electron chi connectivity index (χ3n) is 3.69. The monoisotopic (exact) mass is 259 g/mol. The number of aliphatic hydroxyl groups is 1. The van der Waals surface area contributed by atoms with Crippen molar-refractivity contribution in [1.82, 2.24) is 5.32 Å². The first kappa shape index (κ1) is 17.9. The number of likely N-dealkylation sites (N-methyl/N-ethyl adjacent to an activating group) is 1. The summed E-state index contributed by atoms with van der Waals surface area (Å²) in [4.78, 5) is 0. The predicted octanol–water partition coefficient (Wildman–Crippen LogP) is 2.82. The van der Waals surface area contributed by atoms with E-state index >= 15 is 0 Å². The number of nitrogens with one attached hydrogen (secondary N) is 1. The molecule has 0 aliphatic rings. The molecule has 0 aliphatic carbocycles. The molecule has 0 heterocycles. The summed E-state index contributed by atoms with van der Waals surface area (Å²) in [5.41, 5.74) is 0.0833. The Morgan fingerprint density at radius 1 is 1.06 bits per heavy atom. The third kappa shape index (κ3) is 5.68. The molecule has 0 saturated heterocycles. The molecule has 0 saturated carbocycles. The number of rotatable bonds is 6. The second-order valence-electron chi connectivity index (χ2n) is 7.70. The predicted molar refractivity (Wildman–Crippen MR) is 77.8 cm³/mol. The molecule has 2 atom stereocenters. The Morgan fingerprint density at radius 2 is 1.56 bits per heavy atom. The van der Waals surface area contributed by atoms with Gasteiger partial charge < -0.3 is 15.2 Å². The van der Waals surface area contributed by atoms with Crippen LogP contribution in [0.15, 0.2) is 0 Å². The maximum Gasteiger partial charge on any atom is 0.0708 e. The van der Waals surface area contributed by atoms with Gasteiger partial charge in [-0.1, -0.05) is 41.5 Å². The summed E-state index contributed by atoms with van der Waals surface area (Å²) in [6.45, 7) is 16.2. The van der Waals surface area contributed by atoms with Crippen LogP contribution in [-0.4, -0.2) is 37.0 Å². The van der Waals surface area contributed by atoms with Crippen LogP contribution in [-0.2, 0) is 4.74 Å². The summed E-state index contributed by atoms with van der Waals surface area (Å²) in [5.74, 6) is 0. The molecule has 2 N–H and O–H groups in total. The van der Waals surface area contributed by atoms with Crippen LogP contribution < -0.4 is 5.32 Å². The van der Waals surface area contributed by atoms with Gasteiger partial charge in [0.15, 0.2) is 0 Å². The molecule has 0 aromatic rings. The fourth-order valence-electron chi connectivity index (χ4n) is 2.06. The van der Waals surface area contributed by atoms with Gasteiger partial charge >= 0.3 is 0 Å². The van der Waals surface area contributed by atoms with Crippen LogP contribution in [0.4, 0.5) is 0 Å². The molecule has 0 spiro atoms. The highest BCUT2D eigenvalue weighted by Gasteiger charge is 2.41.